The molecule has 1 heterocycles. The molecule has 7 heteroatoms. The van der Waals surface area contributed by atoms with Crippen LogP contribution in [0.3, 0.4) is 0 Å². The van der Waals surface area contributed by atoms with Crippen LogP contribution in [0.4, 0.5) is 13.2 Å². The fourth-order valence-corrected chi connectivity index (χ4v) is 3.58. The molecule has 0 bridgehead atoms. The van der Waals surface area contributed by atoms with Gasteiger partial charge in [-0.2, -0.15) is 13.2 Å². The lowest BCUT2D eigenvalue weighted by Gasteiger charge is -2.32. The van der Waals surface area contributed by atoms with E-state index in [9.17, 15) is 27.9 Å². The molecule has 1 saturated heterocycles. The number of carboxylic acids is 1. The van der Waals surface area contributed by atoms with E-state index in [-0.39, 0.29) is 22.8 Å². The number of carbonyl (C=O) groups excluding carboxylic acids is 1. The molecule has 0 amide bonds. The van der Waals surface area contributed by atoms with Gasteiger partial charge in [-0.1, -0.05) is 30.3 Å². The van der Waals surface area contributed by atoms with E-state index in [4.69, 9.17) is 0 Å². The van der Waals surface area contributed by atoms with Gasteiger partial charge in [0.2, 0.25) is 0 Å². The van der Waals surface area contributed by atoms with E-state index in [0.717, 1.165) is 25.1 Å². The normalized spacial score (nSPS) is 18.0. The molecule has 0 unspecified atom stereocenters. The van der Waals surface area contributed by atoms with Gasteiger partial charge in [0.05, 0.1) is 11.1 Å². The summed E-state index contributed by atoms with van der Waals surface area (Å²) in [6.45, 7) is 1.61. The molecule has 2 aromatic carbocycles. The van der Waals surface area contributed by atoms with Crippen molar-refractivity contribution in [3.63, 3.8) is 0 Å². The Kier molecular flexibility index (Phi) is 5.84. The predicted octanol–water partition coefficient (Wildman–Crippen LogP) is 4.50. The number of hydrogen-bond acceptors (Lipinski definition) is 3. The molecule has 2 aromatic rings. The summed E-state index contributed by atoms with van der Waals surface area (Å²) in [5.41, 5.74) is 0.404. The van der Waals surface area contributed by atoms with Gasteiger partial charge in [0.1, 0.15) is 0 Å². The first kappa shape index (κ1) is 20.1. The number of rotatable bonds is 5. The number of Topliss-reactive ketones (excluding diaryl/α,β-unsaturated/α-hetero) is 1. The number of hydrogen-bond donors (Lipinski definition) is 1. The van der Waals surface area contributed by atoms with Crippen molar-refractivity contribution in [3.8, 4) is 0 Å². The third-order valence-corrected chi connectivity index (χ3v) is 5.01. The standard InChI is InChI=1S/C21H20F3NO3/c22-21(23,24)17-9-7-14(8-10-17)19(26)16-5-3-11-25(13-16)12-15-4-1-2-6-18(15)20(27)28/h1-2,4,6-10,16H,3,5,11-13H2,(H,27,28)/t16-/m0/s1. The Labute approximate surface area is 160 Å². The van der Waals surface area contributed by atoms with Crippen LogP contribution in [0, 0.1) is 5.92 Å². The van der Waals surface area contributed by atoms with Crippen molar-refractivity contribution in [1.29, 1.82) is 0 Å². The highest BCUT2D eigenvalue weighted by Crippen LogP contribution is 2.30. The number of aromatic carboxylic acids is 1. The van der Waals surface area contributed by atoms with Gasteiger partial charge in [-0.05, 0) is 43.1 Å². The van der Waals surface area contributed by atoms with Crippen LogP contribution in [0.1, 0.15) is 44.7 Å². The topological polar surface area (TPSA) is 57.6 Å². The summed E-state index contributed by atoms with van der Waals surface area (Å²) in [6.07, 6.45) is -3.00. The first-order chi connectivity index (χ1) is 13.3. The summed E-state index contributed by atoms with van der Waals surface area (Å²) in [7, 11) is 0. The Bertz CT molecular complexity index is 862. The lowest BCUT2D eigenvalue weighted by atomic mass is 9.89. The lowest BCUT2D eigenvalue weighted by molar-refractivity contribution is -0.137. The Morgan fingerprint density at radius 1 is 1.07 bits per heavy atom. The van der Waals surface area contributed by atoms with Crippen LogP contribution >= 0.6 is 0 Å². The van der Waals surface area contributed by atoms with E-state index in [1.54, 1.807) is 24.3 Å². The average Bonchev–Trinajstić information content (AvgIpc) is 2.67. The molecule has 0 spiro atoms. The fourth-order valence-electron chi connectivity index (χ4n) is 3.58. The average molecular weight is 391 g/mol. The zero-order chi connectivity index (χ0) is 20.3. The van der Waals surface area contributed by atoms with Gasteiger partial charge in [0.25, 0.3) is 0 Å². The second-order valence-electron chi connectivity index (χ2n) is 6.98. The number of alkyl halides is 3. The maximum atomic E-state index is 12.7. The summed E-state index contributed by atoms with van der Waals surface area (Å²) >= 11 is 0. The Morgan fingerprint density at radius 3 is 2.39 bits per heavy atom. The molecule has 28 heavy (non-hydrogen) atoms. The van der Waals surface area contributed by atoms with Crippen LogP contribution in [0.15, 0.2) is 48.5 Å². The molecule has 1 N–H and O–H groups in total. The summed E-state index contributed by atoms with van der Waals surface area (Å²) in [5.74, 6) is -1.49. The Balaban J connectivity index is 1.69. The molecule has 1 aliphatic rings. The van der Waals surface area contributed by atoms with Crippen LogP contribution in [-0.4, -0.2) is 34.8 Å². The molecule has 1 atom stereocenters. The number of carboxylic acid groups (broad SMARTS) is 1. The molecule has 148 valence electrons. The Hall–Kier alpha value is -2.67. The van der Waals surface area contributed by atoms with Gasteiger partial charge >= 0.3 is 12.1 Å². The highest BCUT2D eigenvalue weighted by Gasteiger charge is 2.31. The van der Waals surface area contributed by atoms with E-state index in [2.05, 4.69) is 0 Å². The molecule has 0 radical (unpaired) electrons. The maximum absolute atomic E-state index is 12.7. The van der Waals surface area contributed by atoms with Crippen molar-refractivity contribution in [3.05, 3.63) is 70.8 Å². The molecular formula is C21H20F3NO3. The second kappa shape index (κ2) is 8.14. The molecule has 0 aromatic heterocycles. The van der Waals surface area contributed by atoms with Gasteiger partial charge in [-0.15, -0.1) is 0 Å². The van der Waals surface area contributed by atoms with Crippen molar-refractivity contribution in [1.82, 2.24) is 4.90 Å². The number of likely N-dealkylation sites (tertiary alicyclic amines) is 1. The largest absolute Gasteiger partial charge is 0.478 e. The quantitative estimate of drug-likeness (QED) is 0.763. The highest BCUT2D eigenvalue weighted by atomic mass is 19.4. The SMILES string of the molecule is O=C(O)c1ccccc1CN1CCC[C@H](C(=O)c2ccc(C(F)(F)F)cc2)C1. The molecule has 1 fully saturated rings. The zero-order valence-corrected chi connectivity index (χ0v) is 15.1. The van der Waals surface area contributed by atoms with E-state index >= 15 is 0 Å². The van der Waals surface area contributed by atoms with Gasteiger partial charge in [0, 0.05) is 24.6 Å². The third kappa shape index (κ3) is 4.59. The van der Waals surface area contributed by atoms with Gasteiger partial charge in [-0.3, -0.25) is 9.69 Å². The molecule has 0 saturated carbocycles. The number of carbonyl (C=O) groups is 2. The first-order valence-electron chi connectivity index (χ1n) is 9.00. The summed E-state index contributed by atoms with van der Waals surface area (Å²) < 4.78 is 38.1. The van der Waals surface area contributed by atoms with Crippen molar-refractivity contribution in [2.45, 2.75) is 25.6 Å². The van der Waals surface area contributed by atoms with Crippen LogP contribution in [0.25, 0.3) is 0 Å². The van der Waals surface area contributed by atoms with Crippen molar-refractivity contribution >= 4 is 11.8 Å². The molecular weight excluding hydrogens is 371 g/mol. The minimum atomic E-state index is -4.43. The number of benzene rings is 2. The van der Waals surface area contributed by atoms with E-state index in [1.807, 2.05) is 4.90 Å². The van der Waals surface area contributed by atoms with Gasteiger partial charge in [0.15, 0.2) is 5.78 Å². The molecule has 4 nitrogen and oxygen atoms in total. The number of halogens is 3. The van der Waals surface area contributed by atoms with Crippen molar-refractivity contribution in [2.75, 3.05) is 13.1 Å². The highest BCUT2D eigenvalue weighted by molar-refractivity contribution is 5.98. The van der Waals surface area contributed by atoms with Crippen LogP contribution in [0.2, 0.25) is 0 Å². The second-order valence-corrected chi connectivity index (χ2v) is 6.98. The third-order valence-electron chi connectivity index (χ3n) is 5.01. The van der Waals surface area contributed by atoms with E-state index in [1.165, 1.54) is 12.1 Å². The summed E-state index contributed by atoms with van der Waals surface area (Å²) in [5, 5.41) is 9.31. The molecule has 3 rings (SSSR count). The Morgan fingerprint density at radius 2 is 1.75 bits per heavy atom. The number of piperidine rings is 1. The minimum Gasteiger partial charge on any atom is -0.478 e. The zero-order valence-electron chi connectivity index (χ0n) is 15.1. The van der Waals surface area contributed by atoms with Crippen molar-refractivity contribution in [2.24, 2.45) is 5.92 Å². The van der Waals surface area contributed by atoms with Gasteiger partial charge < -0.3 is 5.11 Å². The van der Waals surface area contributed by atoms with Crippen LogP contribution in [-0.2, 0) is 12.7 Å². The van der Waals surface area contributed by atoms with Gasteiger partial charge in [-0.25, -0.2) is 4.79 Å². The number of ketones is 1. The minimum absolute atomic E-state index is 0.176. The van der Waals surface area contributed by atoms with Crippen molar-refractivity contribution < 1.29 is 27.9 Å². The fraction of sp³-hybridized carbons (Fsp3) is 0.333. The summed E-state index contributed by atoms with van der Waals surface area (Å²) in [4.78, 5) is 26.1. The maximum Gasteiger partial charge on any atom is 0.416 e. The number of nitrogens with zero attached hydrogens (tertiary/aromatic N) is 1. The molecule has 1 aliphatic heterocycles. The van der Waals surface area contributed by atoms with E-state index < -0.39 is 17.7 Å². The first-order valence-corrected chi connectivity index (χ1v) is 9.00. The van der Waals surface area contributed by atoms with Crippen LogP contribution in [0.5, 0.6) is 0 Å². The predicted molar refractivity (Wildman–Crippen MR) is 97.2 cm³/mol. The summed E-state index contributed by atoms with van der Waals surface area (Å²) in [6, 6.07) is 11.1. The lowest BCUT2D eigenvalue weighted by Crippen LogP contribution is -2.38. The monoisotopic (exact) mass is 391 g/mol. The molecule has 0 aliphatic carbocycles. The van der Waals surface area contributed by atoms with E-state index in [0.29, 0.717) is 25.1 Å². The van der Waals surface area contributed by atoms with Crippen LogP contribution < -0.4 is 0 Å². The smallest absolute Gasteiger partial charge is 0.416 e.